The highest BCUT2D eigenvalue weighted by atomic mass is 19.1. The Hall–Kier alpha value is -1.33. The van der Waals surface area contributed by atoms with Crippen LogP contribution >= 0.6 is 0 Å². The first-order chi connectivity index (χ1) is 7.65. The molecule has 0 radical (unpaired) electrons. The van der Waals surface area contributed by atoms with Gasteiger partial charge in [-0.05, 0) is 18.2 Å². The molecule has 90 valence electrons. The van der Waals surface area contributed by atoms with Crippen molar-refractivity contribution >= 4 is 11.4 Å². The Bertz CT molecular complexity index is 314. The van der Waals surface area contributed by atoms with Crippen LogP contribution in [0, 0.1) is 5.82 Å². The van der Waals surface area contributed by atoms with Crippen molar-refractivity contribution in [3.63, 3.8) is 0 Å². The summed E-state index contributed by atoms with van der Waals surface area (Å²) >= 11 is 0. The van der Waals surface area contributed by atoms with Crippen LogP contribution in [0.4, 0.5) is 15.8 Å². The van der Waals surface area contributed by atoms with Gasteiger partial charge >= 0.3 is 0 Å². The van der Waals surface area contributed by atoms with Gasteiger partial charge in [-0.3, -0.25) is 0 Å². The molecule has 0 saturated heterocycles. The predicted octanol–water partition coefficient (Wildman–Crippen LogP) is 1.48. The third-order valence-corrected chi connectivity index (χ3v) is 2.14. The van der Waals surface area contributed by atoms with E-state index < -0.39 is 0 Å². The van der Waals surface area contributed by atoms with Crippen molar-refractivity contribution in [2.24, 2.45) is 0 Å². The Morgan fingerprint density at radius 2 is 2.12 bits per heavy atom. The van der Waals surface area contributed by atoms with Crippen LogP contribution in [0.15, 0.2) is 18.2 Å². The number of anilines is 2. The molecule has 0 heterocycles. The molecule has 1 unspecified atom stereocenters. The van der Waals surface area contributed by atoms with Crippen molar-refractivity contribution in [2.75, 3.05) is 38.4 Å². The molecule has 0 bridgehead atoms. The second-order valence-corrected chi connectivity index (χ2v) is 3.47. The van der Waals surface area contributed by atoms with Crippen LogP contribution in [0.1, 0.15) is 0 Å². The van der Waals surface area contributed by atoms with E-state index >= 15 is 0 Å². The van der Waals surface area contributed by atoms with Crippen molar-refractivity contribution in [1.82, 2.24) is 0 Å². The molecule has 0 fully saturated rings. The monoisotopic (exact) mass is 228 g/mol. The summed E-state index contributed by atoms with van der Waals surface area (Å²) in [6, 6.07) is 4.33. The van der Waals surface area contributed by atoms with E-state index in [4.69, 9.17) is 15.2 Å². The maximum Gasteiger partial charge on any atom is 0.127 e. The standard InChI is InChI=1S/C11H17FN2O2/c1-15-7-11(16-2)6-14-10-4-8(12)3-9(13)5-10/h3-5,11,14H,6-7,13H2,1-2H3. The molecular formula is C11H17FN2O2. The van der Waals surface area contributed by atoms with Gasteiger partial charge in [0.2, 0.25) is 0 Å². The fraction of sp³-hybridized carbons (Fsp3) is 0.455. The molecule has 0 saturated carbocycles. The van der Waals surface area contributed by atoms with E-state index in [0.717, 1.165) is 0 Å². The molecule has 16 heavy (non-hydrogen) atoms. The van der Waals surface area contributed by atoms with E-state index in [2.05, 4.69) is 5.32 Å². The first-order valence-corrected chi connectivity index (χ1v) is 4.97. The maximum absolute atomic E-state index is 13.0. The number of hydrogen-bond donors (Lipinski definition) is 2. The molecule has 0 amide bonds. The van der Waals surface area contributed by atoms with Crippen LogP contribution in [0.5, 0.6) is 0 Å². The van der Waals surface area contributed by atoms with Crippen LogP contribution < -0.4 is 11.1 Å². The number of rotatable bonds is 6. The van der Waals surface area contributed by atoms with Gasteiger partial charge < -0.3 is 20.5 Å². The normalized spacial score (nSPS) is 12.4. The zero-order valence-electron chi connectivity index (χ0n) is 9.50. The molecule has 0 aromatic heterocycles. The highest BCUT2D eigenvalue weighted by Crippen LogP contribution is 2.15. The van der Waals surface area contributed by atoms with Crippen LogP contribution in [0.25, 0.3) is 0 Å². The van der Waals surface area contributed by atoms with E-state index in [0.29, 0.717) is 24.5 Å². The number of nitrogens with one attached hydrogen (secondary N) is 1. The average Bonchev–Trinajstić information content (AvgIpc) is 2.23. The summed E-state index contributed by atoms with van der Waals surface area (Å²) in [6.45, 7) is 1.02. The van der Waals surface area contributed by atoms with Crippen LogP contribution in [-0.2, 0) is 9.47 Å². The lowest BCUT2D eigenvalue weighted by Gasteiger charge is -2.16. The van der Waals surface area contributed by atoms with Gasteiger partial charge in [-0.25, -0.2) is 4.39 Å². The average molecular weight is 228 g/mol. The molecule has 1 aromatic carbocycles. The first-order valence-electron chi connectivity index (χ1n) is 4.97. The lowest BCUT2D eigenvalue weighted by Crippen LogP contribution is -2.26. The lowest BCUT2D eigenvalue weighted by atomic mass is 10.2. The number of benzene rings is 1. The fourth-order valence-corrected chi connectivity index (χ4v) is 1.34. The minimum absolute atomic E-state index is 0.0745. The van der Waals surface area contributed by atoms with Gasteiger partial charge in [0.25, 0.3) is 0 Å². The van der Waals surface area contributed by atoms with Crippen molar-refractivity contribution in [3.8, 4) is 0 Å². The molecular weight excluding hydrogens is 211 g/mol. The smallest absolute Gasteiger partial charge is 0.127 e. The number of methoxy groups -OCH3 is 2. The third kappa shape index (κ3) is 4.04. The quantitative estimate of drug-likeness (QED) is 0.724. The lowest BCUT2D eigenvalue weighted by molar-refractivity contribution is 0.0365. The summed E-state index contributed by atoms with van der Waals surface area (Å²) in [4.78, 5) is 0. The van der Waals surface area contributed by atoms with Gasteiger partial charge in [-0.2, -0.15) is 0 Å². The number of nitrogen functional groups attached to an aromatic ring is 1. The Morgan fingerprint density at radius 3 is 2.69 bits per heavy atom. The number of halogens is 1. The van der Waals surface area contributed by atoms with Gasteiger partial charge in [-0.15, -0.1) is 0 Å². The first kappa shape index (κ1) is 12.7. The van der Waals surface area contributed by atoms with E-state index in [1.54, 1.807) is 20.3 Å². The summed E-state index contributed by atoms with van der Waals surface area (Å²) in [7, 11) is 3.21. The van der Waals surface area contributed by atoms with Gasteiger partial charge in [0.05, 0.1) is 12.7 Å². The second kappa shape index (κ2) is 6.30. The molecule has 1 aromatic rings. The summed E-state index contributed by atoms with van der Waals surface area (Å²) in [5.41, 5.74) is 6.55. The van der Waals surface area contributed by atoms with Crippen molar-refractivity contribution < 1.29 is 13.9 Å². The highest BCUT2D eigenvalue weighted by Gasteiger charge is 2.06. The predicted molar refractivity (Wildman–Crippen MR) is 62.0 cm³/mol. The minimum atomic E-state index is -0.358. The third-order valence-electron chi connectivity index (χ3n) is 2.14. The Morgan fingerprint density at radius 1 is 1.38 bits per heavy atom. The van der Waals surface area contributed by atoms with Crippen molar-refractivity contribution in [1.29, 1.82) is 0 Å². The molecule has 0 aliphatic rings. The number of ether oxygens (including phenoxy) is 2. The summed E-state index contributed by atoms with van der Waals surface area (Å²) in [5.74, 6) is -0.358. The van der Waals surface area contributed by atoms with Gasteiger partial charge in [0.1, 0.15) is 5.82 Å². The minimum Gasteiger partial charge on any atom is -0.399 e. The summed E-state index contributed by atoms with van der Waals surface area (Å²) in [5, 5.41) is 3.04. The SMILES string of the molecule is COCC(CNc1cc(N)cc(F)c1)OC. The second-order valence-electron chi connectivity index (χ2n) is 3.47. The molecule has 1 atom stereocenters. The number of hydrogen-bond acceptors (Lipinski definition) is 4. The Labute approximate surface area is 94.5 Å². The van der Waals surface area contributed by atoms with Gasteiger partial charge in [0, 0.05) is 32.1 Å². The van der Waals surface area contributed by atoms with E-state index in [1.807, 2.05) is 0 Å². The number of nitrogens with two attached hydrogens (primary N) is 1. The molecule has 4 nitrogen and oxygen atoms in total. The Kier molecular flexibility index (Phi) is 5.01. The molecule has 0 aliphatic heterocycles. The van der Waals surface area contributed by atoms with Gasteiger partial charge in [-0.1, -0.05) is 0 Å². The highest BCUT2D eigenvalue weighted by molar-refractivity contribution is 5.54. The van der Waals surface area contributed by atoms with Crippen LogP contribution in [0.3, 0.4) is 0 Å². The van der Waals surface area contributed by atoms with E-state index in [-0.39, 0.29) is 11.9 Å². The van der Waals surface area contributed by atoms with Crippen molar-refractivity contribution in [3.05, 3.63) is 24.0 Å². The zero-order chi connectivity index (χ0) is 12.0. The zero-order valence-corrected chi connectivity index (χ0v) is 9.50. The van der Waals surface area contributed by atoms with Crippen molar-refractivity contribution in [2.45, 2.75) is 6.10 Å². The molecule has 1 rings (SSSR count). The van der Waals surface area contributed by atoms with E-state index in [1.165, 1.54) is 12.1 Å². The summed E-state index contributed by atoms with van der Waals surface area (Å²) < 4.78 is 23.1. The maximum atomic E-state index is 13.0. The topological polar surface area (TPSA) is 56.5 Å². The molecule has 3 N–H and O–H groups in total. The van der Waals surface area contributed by atoms with Crippen LogP contribution in [0.2, 0.25) is 0 Å². The molecule has 0 spiro atoms. The van der Waals surface area contributed by atoms with E-state index in [9.17, 15) is 4.39 Å². The fourth-order valence-electron chi connectivity index (χ4n) is 1.34. The molecule has 5 heteroatoms. The van der Waals surface area contributed by atoms with Gasteiger partial charge in [0.15, 0.2) is 0 Å². The summed E-state index contributed by atoms with van der Waals surface area (Å²) in [6.07, 6.45) is -0.0745. The Balaban J connectivity index is 2.52. The largest absolute Gasteiger partial charge is 0.399 e. The molecule has 0 aliphatic carbocycles. The van der Waals surface area contributed by atoms with Crippen LogP contribution in [-0.4, -0.2) is 33.5 Å².